The predicted molar refractivity (Wildman–Crippen MR) is 68.4 cm³/mol. The molecule has 0 saturated heterocycles. The van der Waals surface area contributed by atoms with Gasteiger partial charge in [0.15, 0.2) is 0 Å². The lowest BCUT2D eigenvalue weighted by atomic mass is 10.2. The summed E-state index contributed by atoms with van der Waals surface area (Å²) in [5.74, 6) is 1.94. The first-order valence-electron chi connectivity index (χ1n) is 5.12. The first kappa shape index (κ1) is 11.1. The first-order valence-corrected chi connectivity index (χ1v) is 6.11. The molecule has 0 fully saturated rings. The molecule has 1 heterocycles. The van der Waals surface area contributed by atoms with Crippen molar-refractivity contribution in [3.05, 3.63) is 42.0 Å². The van der Waals surface area contributed by atoms with Crippen LogP contribution in [0.1, 0.15) is 11.4 Å². The van der Waals surface area contributed by atoms with E-state index in [4.69, 9.17) is 5.73 Å². The minimum Gasteiger partial charge on any atom is -0.398 e. The standard InChI is InChI=1S/C12H15N3S/c1-9-10(13)4-3-5-11(9)16-8-12-14-6-7-15(12)2/h3-7H,8,13H2,1-2H3. The van der Waals surface area contributed by atoms with Crippen LogP contribution in [0.15, 0.2) is 35.5 Å². The van der Waals surface area contributed by atoms with E-state index in [1.165, 1.54) is 4.90 Å². The van der Waals surface area contributed by atoms with Gasteiger partial charge in [-0.2, -0.15) is 0 Å². The van der Waals surface area contributed by atoms with Crippen molar-refractivity contribution in [2.75, 3.05) is 5.73 Å². The summed E-state index contributed by atoms with van der Waals surface area (Å²) in [6, 6.07) is 6.02. The van der Waals surface area contributed by atoms with Gasteiger partial charge >= 0.3 is 0 Å². The monoisotopic (exact) mass is 233 g/mol. The van der Waals surface area contributed by atoms with E-state index >= 15 is 0 Å². The van der Waals surface area contributed by atoms with Crippen LogP contribution in [0.2, 0.25) is 0 Å². The van der Waals surface area contributed by atoms with Gasteiger partial charge in [0.25, 0.3) is 0 Å². The van der Waals surface area contributed by atoms with Crippen molar-refractivity contribution in [1.29, 1.82) is 0 Å². The molecule has 2 aromatic rings. The van der Waals surface area contributed by atoms with E-state index < -0.39 is 0 Å². The number of hydrogen-bond acceptors (Lipinski definition) is 3. The molecule has 1 aromatic heterocycles. The fourth-order valence-electron chi connectivity index (χ4n) is 1.47. The van der Waals surface area contributed by atoms with Gasteiger partial charge in [-0.3, -0.25) is 0 Å². The number of nitrogens with zero attached hydrogens (tertiary/aromatic N) is 2. The number of nitrogens with two attached hydrogens (primary N) is 1. The maximum Gasteiger partial charge on any atom is 0.118 e. The Kier molecular flexibility index (Phi) is 3.19. The summed E-state index contributed by atoms with van der Waals surface area (Å²) in [6.45, 7) is 2.05. The van der Waals surface area contributed by atoms with E-state index in [-0.39, 0.29) is 0 Å². The highest BCUT2D eigenvalue weighted by Gasteiger charge is 2.04. The number of thioether (sulfide) groups is 1. The molecule has 2 rings (SSSR count). The summed E-state index contributed by atoms with van der Waals surface area (Å²) in [4.78, 5) is 5.52. The molecular weight excluding hydrogens is 218 g/mol. The Labute approximate surface area is 99.7 Å². The zero-order valence-electron chi connectivity index (χ0n) is 9.47. The van der Waals surface area contributed by atoms with E-state index in [9.17, 15) is 0 Å². The Balaban J connectivity index is 2.11. The van der Waals surface area contributed by atoms with Crippen LogP contribution >= 0.6 is 11.8 Å². The number of nitrogen functional groups attached to an aromatic ring is 1. The van der Waals surface area contributed by atoms with Gasteiger partial charge < -0.3 is 10.3 Å². The SMILES string of the molecule is Cc1c(N)cccc1SCc1nccn1C. The van der Waals surface area contributed by atoms with E-state index in [2.05, 4.69) is 18.0 Å². The number of anilines is 1. The molecule has 0 bridgehead atoms. The van der Waals surface area contributed by atoms with Crippen molar-refractivity contribution in [1.82, 2.24) is 9.55 Å². The number of benzene rings is 1. The molecule has 0 amide bonds. The third kappa shape index (κ3) is 2.22. The van der Waals surface area contributed by atoms with Crippen LogP contribution in [0, 0.1) is 6.92 Å². The second-order valence-electron chi connectivity index (χ2n) is 3.71. The van der Waals surface area contributed by atoms with Gasteiger partial charge in [0, 0.05) is 30.0 Å². The molecule has 0 unspecified atom stereocenters. The lowest BCUT2D eigenvalue weighted by Crippen LogP contribution is -1.95. The third-order valence-electron chi connectivity index (χ3n) is 2.60. The topological polar surface area (TPSA) is 43.8 Å². The van der Waals surface area contributed by atoms with Crippen LogP contribution in [-0.2, 0) is 12.8 Å². The number of imidazole rings is 1. The Morgan fingerprint density at radius 3 is 2.94 bits per heavy atom. The fourth-order valence-corrected chi connectivity index (χ4v) is 2.54. The summed E-state index contributed by atoms with van der Waals surface area (Å²) in [5, 5.41) is 0. The molecule has 0 aliphatic carbocycles. The number of hydrogen-bond donors (Lipinski definition) is 1. The van der Waals surface area contributed by atoms with Gasteiger partial charge in [-0.05, 0) is 24.6 Å². The van der Waals surface area contributed by atoms with E-state index in [0.29, 0.717) is 0 Å². The molecular formula is C12H15N3S. The summed E-state index contributed by atoms with van der Waals surface area (Å²) in [5.41, 5.74) is 7.87. The van der Waals surface area contributed by atoms with Crippen LogP contribution in [0.3, 0.4) is 0 Å². The summed E-state index contributed by atoms with van der Waals surface area (Å²) in [7, 11) is 2.01. The molecule has 4 heteroatoms. The predicted octanol–water partition coefficient (Wildman–Crippen LogP) is 2.60. The molecule has 2 N–H and O–H groups in total. The maximum atomic E-state index is 5.87. The van der Waals surface area contributed by atoms with Crippen molar-refractivity contribution in [2.24, 2.45) is 7.05 Å². The van der Waals surface area contributed by atoms with Crippen LogP contribution in [0.4, 0.5) is 5.69 Å². The van der Waals surface area contributed by atoms with Gasteiger partial charge in [0.05, 0.1) is 5.75 Å². The molecule has 0 atom stereocenters. The van der Waals surface area contributed by atoms with E-state index in [1.54, 1.807) is 11.8 Å². The lowest BCUT2D eigenvalue weighted by Gasteiger charge is -2.07. The van der Waals surface area contributed by atoms with Crippen molar-refractivity contribution >= 4 is 17.4 Å². The van der Waals surface area contributed by atoms with E-state index in [0.717, 1.165) is 22.8 Å². The van der Waals surface area contributed by atoms with Crippen molar-refractivity contribution in [3.8, 4) is 0 Å². The minimum atomic E-state index is 0.852. The third-order valence-corrected chi connectivity index (χ3v) is 3.76. The lowest BCUT2D eigenvalue weighted by molar-refractivity contribution is 0.849. The summed E-state index contributed by atoms with van der Waals surface area (Å²) >= 11 is 1.77. The van der Waals surface area contributed by atoms with Gasteiger partial charge in [-0.1, -0.05) is 6.07 Å². The molecule has 0 aliphatic rings. The largest absolute Gasteiger partial charge is 0.398 e. The highest BCUT2D eigenvalue weighted by Crippen LogP contribution is 2.28. The van der Waals surface area contributed by atoms with Gasteiger partial charge in [0.1, 0.15) is 5.82 Å². The van der Waals surface area contributed by atoms with Gasteiger partial charge in [-0.25, -0.2) is 4.98 Å². The molecule has 0 spiro atoms. The number of rotatable bonds is 3. The summed E-state index contributed by atoms with van der Waals surface area (Å²) < 4.78 is 2.04. The van der Waals surface area contributed by atoms with Crippen LogP contribution in [0.25, 0.3) is 0 Å². The van der Waals surface area contributed by atoms with Gasteiger partial charge in [-0.15, -0.1) is 11.8 Å². The highest BCUT2D eigenvalue weighted by atomic mass is 32.2. The van der Waals surface area contributed by atoms with Crippen LogP contribution in [-0.4, -0.2) is 9.55 Å². The zero-order chi connectivity index (χ0) is 11.5. The minimum absolute atomic E-state index is 0.852. The van der Waals surface area contributed by atoms with Crippen molar-refractivity contribution < 1.29 is 0 Å². The molecule has 84 valence electrons. The Morgan fingerprint density at radius 1 is 1.44 bits per heavy atom. The van der Waals surface area contributed by atoms with Gasteiger partial charge in [0.2, 0.25) is 0 Å². The maximum absolute atomic E-state index is 5.87. The molecule has 3 nitrogen and oxygen atoms in total. The Hall–Kier alpha value is -1.42. The Bertz CT molecular complexity index is 491. The van der Waals surface area contributed by atoms with Crippen LogP contribution < -0.4 is 5.73 Å². The molecule has 0 saturated carbocycles. The Morgan fingerprint density at radius 2 is 2.25 bits per heavy atom. The average molecular weight is 233 g/mol. The quantitative estimate of drug-likeness (QED) is 0.654. The van der Waals surface area contributed by atoms with Crippen LogP contribution in [0.5, 0.6) is 0 Å². The molecule has 0 aliphatic heterocycles. The number of aryl methyl sites for hydroxylation is 1. The highest BCUT2D eigenvalue weighted by molar-refractivity contribution is 7.98. The molecule has 1 aromatic carbocycles. The zero-order valence-corrected chi connectivity index (χ0v) is 10.3. The molecule has 16 heavy (non-hydrogen) atoms. The average Bonchev–Trinajstić information content (AvgIpc) is 2.67. The molecule has 0 radical (unpaired) electrons. The van der Waals surface area contributed by atoms with Crippen molar-refractivity contribution in [3.63, 3.8) is 0 Å². The van der Waals surface area contributed by atoms with Crippen molar-refractivity contribution in [2.45, 2.75) is 17.6 Å². The first-order chi connectivity index (χ1) is 7.68. The van der Waals surface area contributed by atoms with E-state index in [1.807, 2.05) is 36.1 Å². The number of aromatic nitrogens is 2. The fraction of sp³-hybridized carbons (Fsp3) is 0.250. The second-order valence-corrected chi connectivity index (χ2v) is 4.73. The normalized spacial score (nSPS) is 10.6. The summed E-state index contributed by atoms with van der Waals surface area (Å²) in [6.07, 6.45) is 3.78. The second kappa shape index (κ2) is 4.61. The smallest absolute Gasteiger partial charge is 0.118 e.